The smallest absolute Gasteiger partial charge is 0.170 e. The highest BCUT2D eigenvalue weighted by atomic mass is 32.2. The minimum Gasteiger partial charge on any atom is -0.227 e. The van der Waals surface area contributed by atoms with Crippen molar-refractivity contribution >= 4 is 9.84 Å². The van der Waals surface area contributed by atoms with Crippen LogP contribution in [0.3, 0.4) is 0 Å². The third-order valence-electron chi connectivity index (χ3n) is 1.96. The van der Waals surface area contributed by atoms with Gasteiger partial charge in [0.15, 0.2) is 9.84 Å². The van der Waals surface area contributed by atoms with Crippen LogP contribution in [0.1, 0.15) is 0 Å². The van der Waals surface area contributed by atoms with Crippen molar-refractivity contribution in [2.24, 2.45) is 0 Å². The molecule has 2 nitrogen and oxygen atoms in total. The molecular weight excluding hydrogens is 160 g/mol. The summed E-state index contributed by atoms with van der Waals surface area (Å²) in [4.78, 5) is 0. The Labute approximate surface area is 65.8 Å². The zero-order chi connectivity index (χ0) is 7.90. The summed E-state index contributed by atoms with van der Waals surface area (Å²) < 4.78 is 22.9. The minimum absolute atomic E-state index is 0.387. The van der Waals surface area contributed by atoms with Crippen LogP contribution in [-0.2, 0) is 9.84 Å². The monoisotopic (exact) mass is 168 g/mol. The lowest BCUT2D eigenvalue weighted by atomic mass is 10.2. The van der Waals surface area contributed by atoms with E-state index in [-0.39, 0.29) is 10.5 Å². The van der Waals surface area contributed by atoms with Crippen LogP contribution in [0.2, 0.25) is 0 Å². The van der Waals surface area contributed by atoms with E-state index in [1.54, 1.807) is 36.5 Å². The fourth-order valence-corrected chi connectivity index (χ4v) is 2.92. The average molecular weight is 168 g/mol. The van der Waals surface area contributed by atoms with Crippen LogP contribution >= 0.6 is 0 Å². The second-order valence-corrected chi connectivity index (χ2v) is 4.94. The normalized spacial score (nSPS) is 37.5. The van der Waals surface area contributed by atoms with Crippen LogP contribution < -0.4 is 0 Å². The first-order valence-corrected chi connectivity index (χ1v) is 5.08. The standard InChI is InChI=1S/C8H8O2S/c9-11(10)7-3-1-2-4-8(11)6-5-7/h1-8H. The molecular formula is C8H8O2S. The molecule has 2 unspecified atom stereocenters. The maximum Gasteiger partial charge on any atom is 0.170 e. The van der Waals surface area contributed by atoms with E-state index in [2.05, 4.69) is 0 Å². The van der Waals surface area contributed by atoms with Gasteiger partial charge >= 0.3 is 0 Å². The van der Waals surface area contributed by atoms with E-state index in [4.69, 9.17) is 0 Å². The number of fused-ring (bicyclic) bond motifs is 2. The Morgan fingerprint density at radius 3 is 1.73 bits per heavy atom. The predicted molar refractivity (Wildman–Crippen MR) is 43.9 cm³/mol. The Kier molecular flexibility index (Phi) is 1.29. The summed E-state index contributed by atoms with van der Waals surface area (Å²) in [6.07, 6.45) is 10.4. The molecule has 0 aromatic rings. The van der Waals surface area contributed by atoms with Crippen molar-refractivity contribution < 1.29 is 8.42 Å². The predicted octanol–water partition coefficient (Wildman–Crippen LogP) is 0.834. The highest BCUT2D eigenvalue weighted by Crippen LogP contribution is 2.24. The first kappa shape index (κ1) is 6.85. The zero-order valence-electron chi connectivity index (χ0n) is 5.84. The van der Waals surface area contributed by atoms with Crippen molar-refractivity contribution in [2.75, 3.05) is 0 Å². The minimum atomic E-state index is -2.95. The second kappa shape index (κ2) is 2.08. The summed E-state index contributed by atoms with van der Waals surface area (Å²) in [6.45, 7) is 0. The van der Waals surface area contributed by atoms with Gasteiger partial charge < -0.3 is 0 Å². The molecule has 2 heterocycles. The van der Waals surface area contributed by atoms with E-state index in [9.17, 15) is 8.42 Å². The van der Waals surface area contributed by atoms with E-state index in [0.717, 1.165) is 0 Å². The maximum absolute atomic E-state index is 11.4. The van der Waals surface area contributed by atoms with Crippen molar-refractivity contribution in [1.82, 2.24) is 0 Å². The number of rotatable bonds is 0. The van der Waals surface area contributed by atoms with Gasteiger partial charge in [-0.15, -0.1) is 0 Å². The van der Waals surface area contributed by atoms with E-state index in [1.807, 2.05) is 0 Å². The Balaban J connectivity index is 2.61. The molecule has 0 saturated carbocycles. The summed E-state index contributed by atoms with van der Waals surface area (Å²) >= 11 is 0. The summed E-state index contributed by atoms with van der Waals surface area (Å²) in [5.41, 5.74) is 0. The number of sulfone groups is 1. The van der Waals surface area contributed by atoms with E-state index >= 15 is 0 Å². The fourth-order valence-electron chi connectivity index (χ4n) is 1.31. The molecule has 2 bridgehead atoms. The van der Waals surface area contributed by atoms with E-state index in [0.29, 0.717) is 0 Å². The topological polar surface area (TPSA) is 34.1 Å². The molecule has 2 rings (SSSR count). The number of allylic oxidation sites excluding steroid dienone is 2. The molecule has 2 aliphatic rings. The number of hydrogen-bond acceptors (Lipinski definition) is 2. The van der Waals surface area contributed by atoms with Gasteiger partial charge in [-0.3, -0.25) is 0 Å². The van der Waals surface area contributed by atoms with Crippen LogP contribution in [0.25, 0.3) is 0 Å². The summed E-state index contributed by atoms with van der Waals surface area (Å²) in [5.74, 6) is 0. The van der Waals surface area contributed by atoms with Crippen molar-refractivity contribution in [3.8, 4) is 0 Å². The Bertz CT molecular complexity index is 318. The fraction of sp³-hybridized carbons (Fsp3) is 0.250. The first-order chi connectivity index (χ1) is 5.21. The van der Waals surface area contributed by atoms with Crippen LogP contribution in [0, 0.1) is 0 Å². The molecule has 11 heavy (non-hydrogen) atoms. The van der Waals surface area contributed by atoms with Gasteiger partial charge in [-0.1, -0.05) is 36.5 Å². The first-order valence-electron chi connectivity index (χ1n) is 3.47. The quantitative estimate of drug-likeness (QED) is 0.502. The van der Waals surface area contributed by atoms with Crippen molar-refractivity contribution in [3.05, 3.63) is 36.5 Å². The maximum atomic E-state index is 11.4. The van der Waals surface area contributed by atoms with Crippen molar-refractivity contribution in [3.63, 3.8) is 0 Å². The lowest BCUT2D eigenvalue weighted by molar-refractivity contribution is 0.595. The molecule has 3 heteroatoms. The van der Waals surface area contributed by atoms with Crippen LogP contribution in [0.15, 0.2) is 36.5 Å². The van der Waals surface area contributed by atoms with E-state index < -0.39 is 9.84 Å². The van der Waals surface area contributed by atoms with Crippen LogP contribution in [-0.4, -0.2) is 18.9 Å². The Hall–Kier alpha value is -0.830. The molecule has 2 atom stereocenters. The Morgan fingerprint density at radius 1 is 0.818 bits per heavy atom. The van der Waals surface area contributed by atoms with Gasteiger partial charge in [0.2, 0.25) is 0 Å². The van der Waals surface area contributed by atoms with Crippen LogP contribution in [0.5, 0.6) is 0 Å². The van der Waals surface area contributed by atoms with Crippen molar-refractivity contribution in [2.45, 2.75) is 10.5 Å². The van der Waals surface area contributed by atoms with Gasteiger partial charge in [0.1, 0.15) is 0 Å². The van der Waals surface area contributed by atoms with Gasteiger partial charge in [0, 0.05) is 0 Å². The average Bonchev–Trinajstić information content (AvgIpc) is 2.00. The van der Waals surface area contributed by atoms with Crippen molar-refractivity contribution in [1.29, 1.82) is 0 Å². The molecule has 0 aromatic heterocycles. The third kappa shape index (κ3) is 0.878. The molecule has 0 radical (unpaired) electrons. The molecule has 0 N–H and O–H groups in total. The van der Waals surface area contributed by atoms with Gasteiger partial charge in [-0.05, 0) is 0 Å². The van der Waals surface area contributed by atoms with Gasteiger partial charge in [0.05, 0.1) is 10.5 Å². The number of hydrogen-bond donors (Lipinski definition) is 0. The van der Waals surface area contributed by atoms with Gasteiger partial charge in [-0.2, -0.15) is 0 Å². The molecule has 0 fully saturated rings. The molecule has 0 aromatic carbocycles. The molecule has 0 saturated heterocycles. The lowest BCUT2D eigenvalue weighted by Crippen LogP contribution is -2.19. The second-order valence-electron chi connectivity index (χ2n) is 2.67. The largest absolute Gasteiger partial charge is 0.227 e. The molecule has 0 aliphatic carbocycles. The van der Waals surface area contributed by atoms with Gasteiger partial charge in [-0.25, -0.2) is 8.42 Å². The molecule has 0 amide bonds. The molecule has 58 valence electrons. The lowest BCUT2D eigenvalue weighted by Gasteiger charge is -2.04. The summed E-state index contributed by atoms with van der Waals surface area (Å²) in [7, 11) is -2.95. The van der Waals surface area contributed by atoms with Gasteiger partial charge in [0.25, 0.3) is 0 Å². The Morgan fingerprint density at radius 2 is 1.27 bits per heavy atom. The molecule has 0 spiro atoms. The summed E-state index contributed by atoms with van der Waals surface area (Å²) in [5, 5.41) is -0.773. The SMILES string of the molecule is O=S1(=O)C2C=CC=CC1C=C2. The van der Waals surface area contributed by atoms with Crippen LogP contribution in [0.4, 0.5) is 0 Å². The third-order valence-corrected chi connectivity index (χ3v) is 4.11. The highest BCUT2D eigenvalue weighted by molar-refractivity contribution is 7.93. The zero-order valence-corrected chi connectivity index (χ0v) is 6.66. The summed E-state index contributed by atoms with van der Waals surface area (Å²) in [6, 6.07) is 0. The van der Waals surface area contributed by atoms with E-state index in [1.165, 1.54) is 0 Å². The molecule has 2 aliphatic heterocycles. The highest BCUT2D eigenvalue weighted by Gasteiger charge is 2.33.